The number of hydrogen-bond donors (Lipinski definition) is 0. The van der Waals surface area contributed by atoms with Crippen molar-refractivity contribution in [1.29, 1.82) is 0 Å². The largest absolute Gasteiger partial charge is 3.00 e. The van der Waals surface area contributed by atoms with Gasteiger partial charge < -0.3 is 24.8 Å². The molecule has 1 radical (unpaired) electrons. The predicted molar refractivity (Wildman–Crippen MR) is 101 cm³/mol. The normalized spacial score (nSPS) is 14.6. The summed E-state index contributed by atoms with van der Waals surface area (Å²) in [7, 11) is 0. The first kappa shape index (κ1) is 29.1. The monoisotopic (exact) mass is 569 g/mol. The van der Waals surface area contributed by atoms with Crippen LogP contribution >= 0.6 is 0 Å². The summed E-state index contributed by atoms with van der Waals surface area (Å²) >= 11 is 0. The van der Waals surface area contributed by atoms with E-state index in [9.17, 15) is 26.3 Å². The number of rotatable bonds is 3. The van der Waals surface area contributed by atoms with Crippen LogP contribution in [0.4, 0.5) is 26.3 Å². The molecule has 171 valence electrons. The van der Waals surface area contributed by atoms with E-state index in [1.54, 1.807) is 12.1 Å². The summed E-state index contributed by atoms with van der Waals surface area (Å²) in [4.78, 5) is 0. The second kappa shape index (κ2) is 11.0. The summed E-state index contributed by atoms with van der Waals surface area (Å²) in [5.74, 6) is 0.598. The molecule has 3 aromatic rings. The molecule has 0 saturated heterocycles. The van der Waals surface area contributed by atoms with Crippen LogP contribution in [0.3, 0.4) is 0 Å². The zero-order valence-electron chi connectivity index (χ0n) is 16.8. The van der Waals surface area contributed by atoms with Crippen molar-refractivity contribution in [2.24, 2.45) is 5.92 Å². The summed E-state index contributed by atoms with van der Waals surface area (Å²) in [5.41, 5.74) is -1.19. The molecule has 0 atom stereocenters. The van der Waals surface area contributed by atoms with Crippen molar-refractivity contribution >= 4 is 10.8 Å². The SMILES string of the molecule is FC(F)(F)c1cc(-c2cccc3[cH-]c(CC4CCCC4)cc23)cc(C(F)(F)F)c1.[Cl-].[Cl-].[Zr+3]. The van der Waals surface area contributed by atoms with Crippen LogP contribution in [0.5, 0.6) is 0 Å². The van der Waals surface area contributed by atoms with Crippen LogP contribution < -0.4 is 24.8 Å². The Hall–Kier alpha value is -0.907. The molecule has 0 N–H and O–H groups in total. The van der Waals surface area contributed by atoms with E-state index in [0.29, 0.717) is 16.9 Å². The minimum absolute atomic E-state index is 0. The first-order valence-electron chi connectivity index (χ1n) is 9.59. The second-order valence-corrected chi connectivity index (χ2v) is 7.82. The number of benzene rings is 2. The van der Waals surface area contributed by atoms with Gasteiger partial charge in [0.1, 0.15) is 0 Å². The van der Waals surface area contributed by atoms with Crippen molar-refractivity contribution in [3.63, 3.8) is 0 Å². The van der Waals surface area contributed by atoms with Crippen molar-refractivity contribution in [2.45, 2.75) is 44.5 Å². The summed E-state index contributed by atoms with van der Waals surface area (Å²) in [5, 5.41) is 1.52. The van der Waals surface area contributed by atoms with Crippen LogP contribution in [-0.4, -0.2) is 0 Å². The maximum absolute atomic E-state index is 13.2. The topological polar surface area (TPSA) is 0 Å². The molecule has 0 heterocycles. The maximum Gasteiger partial charge on any atom is 3.00 e. The van der Waals surface area contributed by atoms with Crippen molar-refractivity contribution in [2.75, 3.05) is 0 Å². The average molecular weight is 572 g/mol. The fraction of sp³-hybridized carbons (Fsp3) is 0.348. The first-order chi connectivity index (χ1) is 13.6. The first-order valence-corrected chi connectivity index (χ1v) is 9.59. The Balaban J connectivity index is 0.00000171. The van der Waals surface area contributed by atoms with E-state index in [-0.39, 0.29) is 62.6 Å². The zero-order chi connectivity index (χ0) is 20.8. The Morgan fingerprint density at radius 1 is 0.812 bits per heavy atom. The molecule has 0 unspecified atom stereocenters. The third-order valence-electron chi connectivity index (χ3n) is 5.71. The summed E-state index contributed by atoms with van der Waals surface area (Å²) in [6.45, 7) is 0. The van der Waals surface area contributed by atoms with E-state index in [2.05, 4.69) is 0 Å². The van der Waals surface area contributed by atoms with Crippen molar-refractivity contribution < 1.29 is 77.4 Å². The van der Waals surface area contributed by atoms with Gasteiger partial charge in [0.25, 0.3) is 0 Å². The van der Waals surface area contributed by atoms with Gasteiger partial charge >= 0.3 is 38.6 Å². The maximum atomic E-state index is 13.2. The molecule has 0 bridgehead atoms. The standard InChI is InChI=1S/C23H19F6.2ClH.Zr/c24-22(25,26)18-11-17(12-19(13-18)23(27,28)29)20-7-3-6-16-9-15(10-21(16)20)8-14-4-1-2-5-14;;;/h3,6-7,9-14H,1-2,4-5,8H2;2*1H;/q-1;;;+3/p-2. The van der Waals surface area contributed by atoms with Gasteiger partial charge in [-0.25, -0.2) is 0 Å². The molecule has 32 heavy (non-hydrogen) atoms. The molecule has 4 rings (SSSR count). The fourth-order valence-corrected chi connectivity index (χ4v) is 4.32. The molecular formula is C23H19Cl2F6Zr. The minimum Gasteiger partial charge on any atom is -1.00 e. The number of alkyl halides is 6. The molecule has 0 aliphatic heterocycles. The summed E-state index contributed by atoms with van der Waals surface area (Å²) < 4.78 is 79.4. The molecule has 1 aliphatic carbocycles. The fourth-order valence-electron chi connectivity index (χ4n) is 4.32. The molecule has 1 saturated carbocycles. The van der Waals surface area contributed by atoms with Crippen LogP contribution in [0.1, 0.15) is 42.4 Å². The van der Waals surface area contributed by atoms with Gasteiger partial charge in [-0.15, -0.1) is 34.5 Å². The van der Waals surface area contributed by atoms with Crippen molar-refractivity contribution in [1.82, 2.24) is 0 Å². The summed E-state index contributed by atoms with van der Waals surface area (Å²) in [6, 6.07) is 10.8. The van der Waals surface area contributed by atoms with E-state index < -0.39 is 23.5 Å². The number of fused-ring (bicyclic) bond motifs is 1. The Morgan fingerprint density at radius 3 is 1.91 bits per heavy atom. The van der Waals surface area contributed by atoms with E-state index >= 15 is 0 Å². The Morgan fingerprint density at radius 2 is 1.38 bits per heavy atom. The van der Waals surface area contributed by atoms with Gasteiger partial charge in [-0.1, -0.05) is 37.3 Å². The molecule has 0 amide bonds. The van der Waals surface area contributed by atoms with Gasteiger partial charge in [-0.05, 0) is 36.1 Å². The molecular weight excluding hydrogens is 552 g/mol. The molecule has 9 heteroatoms. The smallest absolute Gasteiger partial charge is 1.00 e. The summed E-state index contributed by atoms with van der Waals surface area (Å²) in [6.07, 6.45) is -4.08. The predicted octanol–water partition coefficient (Wildman–Crippen LogP) is 2.00. The van der Waals surface area contributed by atoms with E-state index in [1.807, 2.05) is 18.2 Å². The van der Waals surface area contributed by atoms with Crippen molar-refractivity contribution in [3.8, 4) is 11.1 Å². The van der Waals surface area contributed by atoms with Gasteiger partial charge in [0.2, 0.25) is 0 Å². The minimum atomic E-state index is -4.86. The molecule has 0 aromatic heterocycles. The van der Waals surface area contributed by atoms with Gasteiger partial charge in [0.15, 0.2) is 0 Å². The second-order valence-electron chi connectivity index (χ2n) is 7.82. The van der Waals surface area contributed by atoms with E-state index in [0.717, 1.165) is 42.3 Å². The van der Waals surface area contributed by atoms with Crippen LogP contribution in [-0.2, 0) is 45.0 Å². The van der Waals surface area contributed by atoms with Crippen molar-refractivity contribution in [3.05, 3.63) is 65.2 Å². The Bertz CT molecular complexity index is 1000. The van der Waals surface area contributed by atoms with Crippen LogP contribution in [0.25, 0.3) is 21.9 Å². The van der Waals surface area contributed by atoms with Crippen LogP contribution in [0, 0.1) is 5.92 Å². The third kappa shape index (κ3) is 6.36. The van der Waals surface area contributed by atoms with Crippen LogP contribution in [0.15, 0.2) is 48.5 Å². The molecule has 3 aromatic carbocycles. The average Bonchev–Trinajstić information content (AvgIpc) is 3.28. The van der Waals surface area contributed by atoms with E-state index in [4.69, 9.17) is 0 Å². The number of halogens is 8. The quantitative estimate of drug-likeness (QED) is 0.334. The zero-order valence-corrected chi connectivity index (χ0v) is 20.7. The Kier molecular flexibility index (Phi) is 10.0. The van der Waals surface area contributed by atoms with Gasteiger partial charge in [-0.3, -0.25) is 0 Å². The molecule has 1 fully saturated rings. The third-order valence-corrected chi connectivity index (χ3v) is 5.71. The van der Waals surface area contributed by atoms with Gasteiger partial charge in [0.05, 0.1) is 11.1 Å². The van der Waals surface area contributed by atoms with Gasteiger partial charge in [-0.2, -0.15) is 32.4 Å². The van der Waals surface area contributed by atoms with Crippen LogP contribution in [0.2, 0.25) is 0 Å². The number of hydrogen-bond acceptors (Lipinski definition) is 0. The van der Waals surface area contributed by atoms with E-state index in [1.165, 1.54) is 12.8 Å². The molecule has 0 spiro atoms. The molecule has 0 nitrogen and oxygen atoms in total. The molecule has 1 aliphatic rings. The Labute approximate surface area is 214 Å². The van der Waals surface area contributed by atoms with Gasteiger partial charge in [0, 0.05) is 0 Å².